The van der Waals surface area contributed by atoms with Crippen LogP contribution in [0.4, 0.5) is 0 Å². The third-order valence-corrected chi connectivity index (χ3v) is 1.95. The van der Waals surface area contributed by atoms with Crippen LogP contribution in [-0.4, -0.2) is 31.2 Å². The van der Waals surface area contributed by atoms with E-state index in [0.717, 1.165) is 0 Å². The summed E-state index contributed by atoms with van der Waals surface area (Å²) in [5.74, 6) is -0.0913. The molecule has 0 aliphatic heterocycles. The summed E-state index contributed by atoms with van der Waals surface area (Å²) >= 11 is 0. The van der Waals surface area contributed by atoms with Gasteiger partial charge in [0.25, 0.3) is 0 Å². The zero-order chi connectivity index (χ0) is 12.1. The molecule has 0 heterocycles. The van der Waals surface area contributed by atoms with E-state index in [4.69, 9.17) is 10.5 Å². The molecule has 0 aromatic carbocycles. The third-order valence-electron chi connectivity index (χ3n) is 1.95. The summed E-state index contributed by atoms with van der Waals surface area (Å²) < 4.78 is 5.35. The summed E-state index contributed by atoms with van der Waals surface area (Å²) in [7, 11) is 0. The van der Waals surface area contributed by atoms with E-state index in [9.17, 15) is 4.79 Å². The Morgan fingerprint density at radius 2 is 1.80 bits per heavy atom. The van der Waals surface area contributed by atoms with Crippen molar-refractivity contribution in [1.29, 1.82) is 0 Å². The van der Waals surface area contributed by atoms with Gasteiger partial charge >= 0.3 is 0 Å². The van der Waals surface area contributed by atoms with Crippen molar-refractivity contribution in [1.82, 2.24) is 5.32 Å². The van der Waals surface area contributed by atoms with E-state index in [2.05, 4.69) is 5.32 Å². The molecule has 0 aromatic rings. The Bertz CT molecular complexity index is 207. The van der Waals surface area contributed by atoms with Gasteiger partial charge in [0.05, 0.1) is 5.60 Å². The molecule has 90 valence electrons. The lowest BCUT2D eigenvalue weighted by molar-refractivity contribution is -0.130. The van der Waals surface area contributed by atoms with Crippen molar-refractivity contribution in [3.8, 4) is 0 Å². The number of carbonyl (C=O) groups excluding carboxylic acids is 1. The number of nitrogens with two attached hydrogens (primary N) is 1. The maximum Gasteiger partial charge on any atom is 0.246 e. The minimum absolute atomic E-state index is 0.0581. The van der Waals surface area contributed by atoms with Crippen LogP contribution >= 0.6 is 0 Å². The normalized spacial score (nSPS) is 12.7. The lowest BCUT2D eigenvalue weighted by Gasteiger charge is -2.23. The molecule has 0 aliphatic carbocycles. The molecule has 1 amide bonds. The lowest BCUT2D eigenvalue weighted by Crippen LogP contribution is -2.40. The predicted octanol–water partition coefficient (Wildman–Crippen LogP) is 0.903. The van der Waals surface area contributed by atoms with Crippen LogP contribution in [0.3, 0.4) is 0 Å². The summed E-state index contributed by atoms with van der Waals surface area (Å²) in [6.07, 6.45) is 0. The number of nitrogens with one attached hydrogen (secondary N) is 1. The van der Waals surface area contributed by atoms with Crippen LogP contribution in [0.15, 0.2) is 0 Å². The highest BCUT2D eigenvalue weighted by molar-refractivity contribution is 5.77. The van der Waals surface area contributed by atoms with E-state index in [1.54, 1.807) is 0 Å². The van der Waals surface area contributed by atoms with Crippen LogP contribution in [0.2, 0.25) is 0 Å². The van der Waals surface area contributed by atoms with Crippen LogP contribution in [0.25, 0.3) is 0 Å². The second kappa shape index (κ2) is 5.47. The quantitative estimate of drug-likeness (QED) is 0.717. The Morgan fingerprint density at radius 3 is 2.20 bits per heavy atom. The summed E-state index contributed by atoms with van der Waals surface area (Å²) in [5, 5.41) is 2.80. The van der Waals surface area contributed by atoms with Crippen LogP contribution in [0.1, 0.15) is 34.6 Å². The minimum atomic E-state index is -0.277. The third kappa shape index (κ3) is 8.39. The zero-order valence-electron chi connectivity index (χ0n) is 10.5. The summed E-state index contributed by atoms with van der Waals surface area (Å²) in [6.45, 7) is 11.0. The predicted molar refractivity (Wildman–Crippen MR) is 61.6 cm³/mol. The molecule has 4 heteroatoms. The Balaban J connectivity index is 3.77. The van der Waals surface area contributed by atoms with E-state index < -0.39 is 0 Å². The minimum Gasteiger partial charge on any atom is -0.366 e. The molecule has 0 fully saturated rings. The summed E-state index contributed by atoms with van der Waals surface area (Å²) in [6, 6.07) is 0. The molecular formula is C11H24N2O2. The van der Waals surface area contributed by atoms with Crippen molar-refractivity contribution in [2.45, 2.75) is 40.2 Å². The molecule has 0 atom stereocenters. The van der Waals surface area contributed by atoms with Crippen molar-refractivity contribution < 1.29 is 9.53 Å². The summed E-state index contributed by atoms with van der Waals surface area (Å²) in [4.78, 5) is 11.4. The van der Waals surface area contributed by atoms with Crippen molar-refractivity contribution in [3.05, 3.63) is 0 Å². The molecule has 0 spiro atoms. The maximum absolute atomic E-state index is 11.4. The van der Waals surface area contributed by atoms with Gasteiger partial charge in [0.15, 0.2) is 0 Å². The van der Waals surface area contributed by atoms with Crippen molar-refractivity contribution in [3.63, 3.8) is 0 Å². The molecule has 4 nitrogen and oxygen atoms in total. The summed E-state index contributed by atoms with van der Waals surface area (Å²) in [5.41, 5.74) is 5.22. The van der Waals surface area contributed by atoms with Gasteiger partial charge in [-0.05, 0) is 32.7 Å². The van der Waals surface area contributed by atoms with Gasteiger partial charge in [0, 0.05) is 6.54 Å². The maximum atomic E-state index is 11.4. The molecule has 0 bridgehead atoms. The van der Waals surface area contributed by atoms with Gasteiger partial charge < -0.3 is 15.8 Å². The average molecular weight is 216 g/mol. The average Bonchev–Trinajstić information content (AvgIpc) is 2.10. The first-order chi connectivity index (χ1) is 6.66. The molecule has 0 radical (unpaired) electrons. The fourth-order valence-corrected chi connectivity index (χ4v) is 0.743. The Hall–Kier alpha value is -0.610. The molecule has 0 aromatic heterocycles. The Labute approximate surface area is 92.6 Å². The molecule has 3 N–H and O–H groups in total. The number of amides is 1. The van der Waals surface area contributed by atoms with Gasteiger partial charge in [0.1, 0.15) is 6.61 Å². The first kappa shape index (κ1) is 14.4. The zero-order valence-corrected chi connectivity index (χ0v) is 10.5. The van der Waals surface area contributed by atoms with Gasteiger partial charge in [-0.3, -0.25) is 4.79 Å². The highest BCUT2D eigenvalue weighted by atomic mass is 16.5. The topological polar surface area (TPSA) is 64.3 Å². The number of hydrogen-bond donors (Lipinski definition) is 2. The molecule has 0 rings (SSSR count). The van der Waals surface area contributed by atoms with Gasteiger partial charge in [0.2, 0.25) is 5.91 Å². The Morgan fingerprint density at radius 1 is 1.27 bits per heavy atom. The fourth-order valence-electron chi connectivity index (χ4n) is 0.743. The largest absolute Gasteiger partial charge is 0.366 e. The highest BCUT2D eigenvalue weighted by Crippen LogP contribution is 2.10. The van der Waals surface area contributed by atoms with E-state index in [1.807, 2.05) is 34.6 Å². The number of hydrogen-bond acceptors (Lipinski definition) is 3. The van der Waals surface area contributed by atoms with Gasteiger partial charge in [-0.15, -0.1) is 0 Å². The SMILES string of the molecule is CC(C)(CN)CNC(=O)COC(C)(C)C. The Kier molecular flexibility index (Phi) is 5.24. The second-order valence-electron chi connectivity index (χ2n) is 5.55. The van der Waals surface area contributed by atoms with Crippen LogP contribution in [-0.2, 0) is 9.53 Å². The molecule has 0 saturated heterocycles. The van der Waals surface area contributed by atoms with E-state index in [1.165, 1.54) is 0 Å². The van der Waals surface area contributed by atoms with Crippen molar-refractivity contribution >= 4 is 5.91 Å². The monoisotopic (exact) mass is 216 g/mol. The number of ether oxygens (including phenoxy) is 1. The van der Waals surface area contributed by atoms with Crippen molar-refractivity contribution in [2.24, 2.45) is 11.1 Å². The molecule has 0 saturated carbocycles. The second-order valence-corrected chi connectivity index (χ2v) is 5.55. The van der Waals surface area contributed by atoms with Crippen LogP contribution in [0, 0.1) is 5.41 Å². The number of rotatable bonds is 5. The van der Waals surface area contributed by atoms with Crippen molar-refractivity contribution in [2.75, 3.05) is 19.7 Å². The number of carbonyl (C=O) groups is 1. The first-order valence-corrected chi connectivity index (χ1v) is 5.27. The first-order valence-electron chi connectivity index (χ1n) is 5.27. The van der Waals surface area contributed by atoms with Crippen LogP contribution < -0.4 is 11.1 Å². The standard InChI is InChI=1S/C11H24N2O2/c1-10(2,3)15-6-9(14)13-8-11(4,5)7-12/h6-8,12H2,1-5H3,(H,13,14). The fraction of sp³-hybridized carbons (Fsp3) is 0.909. The highest BCUT2D eigenvalue weighted by Gasteiger charge is 2.17. The van der Waals surface area contributed by atoms with Gasteiger partial charge in [-0.1, -0.05) is 13.8 Å². The smallest absolute Gasteiger partial charge is 0.246 e. The molecular weight excluding hydrogens is 192 g/mol. The lowest BCUT2D eigenvalue weighted by atomic mass is 9.94. The molecule has 15 heavy (non-hydrogen) atoms. The molecule has 0 unspecified atom stereocenters. The van der Waals surface area contributed by atoms with Crippen LogP contribution in [0.5, 0.6) is 0 Å². The van der Waals surface area contributed by atoms with E-state index in [-0.39, 0.29) is 23.5 Å². The molecule has 0 aliphatic rings. The van der Waals surface area contributed by atoms with Gasteiger partial charge in [-0.2, -0.15) is 0 Å². The van der Waals surface area contributed by atoms with E-state index in [0.29, 0.717) is 13.1 Å². The van der Waals surface area contributed by atoms with Gasteiger partial charge in [-0.25, -0.2) is 0 Å². The van der Waals surface area contributed by atoms with E-state index >= 15 is 0 Å².